The van der Waals surface area contributed by atoms with E-state index in [0.29, 0.717) is 35.8 Å². The number of benzene rings is 2. The molecule has 0 aliphatic carbocycles. The highest BCUT2D eigenvalue weighted by Crippen LogP contribution is 2.25. The Morgan fingerprint density at radius 3 is 2.52 bits per heavy atom. The van der Waals surface area contributed by atoms with Crippen LogP contribution in [-0.2, 0) is 6.54 Å². The molecule has 2 amide bonds. The number of nitrogens with two attached hydrogens (primary N) is 1. The Bertz CT molecular complexity index is 1140. The fraction of sp³-hybridized carbons (Fsp3) is 0.320. The van der Waals surface area contributed by atoms with Crippen molar-refractivity contribution < 1.29 is 18.5 Å². The van der Waals surface area contributed by atoms with Crippen molar-refractivity contribution in [3.05, 3.63) is 82.5 Å². The van der Waals surface area contributed by atoms with Gasteiger partial charge in [0.15, 0.2) is 0 Å². The number of para-hydroxylation sites is 1. The van der Waals surface area contributed by atoms with Gasteiger partial charge in [-0.3, -0.25) is 9.59 Å². The maximum Gasteiger partial charge on any atom is 0.259 e. The van der Waals surface area contributed by atoms with Gasteiger partial charge >= 0.3 is 0 Å². The molecule has 3 N–H and O–H groups in total. The summed E-state index contributed by atoms with van der Waals surface area (Å²) < 4.78 is 18.7. The van der Waals surface area contributed by atoms with Gasteiger partial charge in [0, 0.05) is 24.3 Å². The average Bonchev–Trinajstić information content (AvgIpc) is 3.11. The molecule has 0 radical (unpaired) electrons. The second-order valence-corrected chi connectivity index (χ2v) is 8.85. The van der Waals surface area contributed by atoms with Crippen molar-refractivity contribution in [2.75, 3.05) is 18.4 Å². The smallest absolute Gasteiger partial charge is 0.259 e. The van der Waals surface area contributed by atoms with Crippen LogP contribution in [0.15, 0.2) is 53.1 Å². The number of rotatable bonds is 8. The van der Waals surface area contributed by atoms with Gasteiger partial charge in [-0.1, -0.05) is 43.3 Å². The fourth-order valence-electron chi connectivity index (χ4n) is 3.54. The molecule has 3 aromatic rings. The van der Waals surface area contributed by atoms with Gasteiger partial charge in [0.25, 0.3) is 11.8 Å². The average molecular weight is 453 g/mol. The molecule has 1 aromatic heterocycles. The number of nitrogens with one attached hydrogen (secondary N) is 1. The molecule has 7 nitrogen and oxygen atoms in total. The molecular formula is C25H29FN4O3. The Balaban J connectivity index is 1.91. The minimum atomic E-state index is -0.490. The summed E-state index contributed by atoms with van der Waals surface area (Å²) in [5.74, 6) is -0.705. The summed E-state index contributed by atoms with van der Waals surface area (Å²) in [6.07, 6.45) is 0. The van der Waals surface area contributed by atoms with Crippen LogP contribution in [0, 0.1) is 25.1 Å². The van der Waals surface area contributed by atoms with E-state index in [9.17, 15) is 14.0 Å². The molecule has 0 spiro atoms. The van der Waals surface area contributed by atoms with E-state index >= 15 is 0 Å². The first-order chi connectivity index (χ1) is 15.6. The Morgan fingerprint density at radius 1 is 1.15 bits per heavy atom. The molecule has 0 fully saturated rings. The zero-order valence-electron chi connectivity index (χ0n) is 19.3. The molecule has 2 aromatic carbocycles. The Labute approximate surface area is 192 Å². The lowest BCUT2D eigenvalue weighted by molar-refractivity contribution is 0.0671. The molecular weight excluding hydrogens is 423 g/mol. The van der Waals surface area contributed by atoms with Crippen LogP contribution >= 0.6 is 0 Å². The maximum atomic E-state index is 13.6. The van der Waals surface area contributed by atoms with Crippen LogP contribution in [0.1, 0.15) is 51.6 Å². The highest BCUT2D eigenvalue weighted by atomic mass is 19.1. The van der Waals surface area contributed by atoms with E-state index in [1.54, 1.807) is 30.9 Å². The van der Waals surface area contributed by atoms with Crippen LogP contribution in [0.5, 0.6) is 0 Å². The molecule has 0 bridgehead atoms. The quantitative estimate of drug-likeness (QED) is 0.530. The summed E-state index contributed by atoms with van der Waals surface area (Å²) in [5, 5.41) is 6.74. The number of carbonyl (C=O) groups excluding carboxylic acids is 2. The predicted molar refractivity (Wildman–Crippen MR) is 124 cm³/mol. The van der Waals surface area contributed by atoms with Crippen LogP contribution in [0.3, 0.4) is 0 Å². The summed E-state index contributed by atoms with van der Waals surface area (Å²) in [7, 11) is 0. The van der Waals surface area contributed by atoms with Gasteiger partial charge in [0.05, 0.1) is 5.69 Å². The summed E-state index contributed by atoms with van der Waals surface area (Å²) in [5.41, 5.74) is 8.01. The summed E-state index contributed by atoms with van der Waals surface area (Å²) in [6, 6.07) is 12.7. The number of amides is 2. The van der Waals surface area contributed by atoms with Crippen LogP contribution in [0.2, 0.25) is 0 Å². The van der Waals surface area contributed by atoms with E-state index in [1.165, 1.54) is 24.3 Å². The molecule has 8 heteroatoms. The maximum absolute atomic E-state index is 13.6. The van der Waals surface area contributed by atoms with Crippen molar-refractivity contribution in [1.82, 2.24) is 10.1 Å². The first-order valence-electron chi connectivity index (χ1n) is 10.7. The van der Waals surface area contributed by atoms with Gasteiger partial charge in [-0.25, -0.2) is 4.39 Å². The van der Waals surface area contributed by atoms with Crippen molar-refractivity contribution in [2.45, 2.75) is 34.2 Å². The van der Waals surface area contributed by atoms with Crippen molar-refractivity contribution >= 4 is 17.5 Å². The molecule has 0 unspecified atom stereocenters. The summed E-state index contributed by atoms with van der Waals surface area (Å²) >= 11 is 0. The third kappa shape index (κ3) is 5.84. The first-order valence-corrected chi connectivity index (χ1v) is 10.7. The SMILES string of the molecule is Cc1noc(C)c1C(=O)N(Cc1ccccc1NC(=O)c1cccc(F)c1)CC(C)(C)CN. The van der Waals surface area contributed by atoms with Gasteiger partial charge in [0.1, 0.15) is 17.1 Å². The second-order valence-electron chi connectivity index (χ2n) is 8.85. The van der Waals surface area contributed by atoms with Crippen molar-refractivity contribution in [1.29, 1.82) is 0 Å². The number of nitrogens with zero attached hydrogens (tertiary/aromatic N) is 2. The number of hydrogen-bond donors (Lipinski definition) is 2. The van der Waals surface area contributed by atoms with Crippen LogP contribution in [0.4, 0.5) is 10.1 Å². The van der Waals surface area contributed by atoms with Gasteiger partial charge in [0.2, 0.25) is 0 Å². The zero-order chi connectivity index (χ0) is 24.2. The van der Waals surface area contributed by atoms with E-state index in [4.69, 9.17) is 10.3 Å². The number of anilines is 1. The van der Waals surface area contributed by atoms with E-state index in [-0.39, 0.29) is 23.4 Å². The number of hydrogen-bond acceptors (Lipinski definition) is 5. The largest absolute Gasteiger partial charge is 0.361 e. The van der Waals surface area contributed by atoms with E-state index in [0.717, 1.165) is 5.56 Å². The normalized spacial score (nSPS) is 11.3. The Kier molecular flexibility index (Phi) is 7.28. The molecule has 0 atom stereocenters. The van der Waals surface area contributed by atoms with Gasteiger partial charge < -0.3 is 20.5 Å². The lowest BCUT2D eigenvalue weighted by Gasteiger charge is -2.32. The minimum Gasteiger partial charge on any atom is -0.361 e. The van der Waals surface area contributed by atoms with E-state index in [1.807, 2.05) is 26.0 Å². The van der Waals surface area contributed by atoms with E-state index in [2.05, 4.69) is 10.5 Å². The van der Waals surface area contributed by atoms with Gasteiger partial charge in [-0.05, 0) is 55.6 Å². The third-order valence-electron chi connectivity index (χ3n) is 5.42. The number of halogens is 1. The Hall–Kier alpha value is -3.52. The lowest BCUT2D eigenvalue weighted by atomic mass is 9.92. The molecule has 174 valence electrons. The molecule has 0 saturated heterocycles. The predicted octanol–water partition coefficient (Wildman–Crippen LogP) is 4.31. The zero-order valence-corrected chi connectivity index (χ0v) is 19.3. The number of aryl methyl sites for hydroxylation is 2. The monoisotopic (exact) mass is 452 g/mol. The fourth-order valence-corrected chi connectivity index (χ4v) is 3.54. The highest BCUT2D eigenvalue weighted by Gasteiger charge is 2.29. The van der Waals surface area contributed by atoms with E-state index < -0.39 is 11.7 Å². The third-order valence-corrected chi connectivity index (χ3v) is 5.42. The standard InChI is InChI=1S/C25H29FN4O3/c1-16-22(17(2)33-29-16)24(32)30(15-25(3,4)14-27)13-19-8-5-6-11-21(19)28-23(31)18-9-7-10-20(26)12-18/h5-12H,13-15,27H2,1-4H3,(H,28,31). The summed E-state index contributed by atoms with van der Waals surface area (Å²) in [4.78, 5) is 27.9. The number of aromatic nitrogens is 1. The van der Waals surface area contributed by atoms with Crippen molar-refractivity contribution in [3.63, 3.8) is 0 Å². The molecule has 0 aliphatic rings. The molecule has 1 heterocycles. The molecule has 0 aliphatic heterocycles. The van der Waals surface area contributed by atoms with Gasteiger partial charge in [-0.15, -0.1) is 0 Å². The van der Waals surface area contributed by atoms with Gasteiger partial charge in [-0.2, -0.15) is 0 Å². The van der Waals surface area contributed by atoms with Crippen LogP contribution in [-0.4, -0.2) is 35.0 Å². The molecule has 3 rings (SSSR count). The van der Waals surface area contributed by atoms with Crippen molar-refractivity contribution in [3.8, 4) is 0 Å². The van der Waals surface area contributed by atoms with Crippen LogP contribution < -0.4 is 11.1 Å². The molecule has 33 heavy (non-hydrogen) atoms. The van der Waals surface area contributed by atoms with Crippen LogP contribution in [0.25, 0.3) is 0 Å². The topological polar surface area (TPSA) is 101 Å². The highest BCUT2D eigenvalue weighted by molar-refractivity contribution is 6.04. The second kappa shape index (κ2) is 9.95. The molecule has 0 saturated carbocycles. The summed E-state index contributed by atoms with van der Waals surface area (Å²) in [6.45, 7) is 8.40. The lowest BCUT2D eigenvalue weighted by Crippen LogP contribution is -2.42. The first kappa shape index (κ1) is 24.1. The Morgan fingerprint density at radius 2 is 1.88 bits per heavy atom. The van der Waals surface area contributed by atoms with Crippen molar-refractivity contribution in [2.24, 2.45) is 11.1 Å². The minimum absolute atomic E-state index is 0.206. The number of carbonyl (C=O) groups is 2.